The number of morpholine rings is 2. The minimum Gasteiger partial charge on any atom is -0.379 e. The van der Waals surface area contributed by atoms with E-state index in [1.807, 2.05) is 36.4 Å². The molecule has 7 nitrogen and oxygen atoms in total. The third-order valence-corrected chi connectivity index (χ3v) is 5.43. The number of carbonyl (C=O) groups excluding carboxylic acids is 2. The van der Waals surface area contributed by atoms with Gasteiger partial charge in [0.05, 0.1) is 37.7 Å². The van der Waals surface area contributed by atoms with E-state index in [0.29, 0.717) is 43.1 Å². The van der Waals surface area contributed by atoms with Gasteiger partial charge >= 0.3 is 0 Å². The van der Waals surface area contributed by atoms with Crippen molar-refractivity contribution in [1.29, 1.82) is 0 Å². The van der Waals surface area contributed by atoms with Crippen molar-refractivity contribution in [3.05, 3.63) is 65.2 Å². The highest BCUT2D eigenvalue weighted by molar-refractivity contribution is 6.09. The van der Waals surface area contributed by atoms with Crippen molar-refractivity contribution < 1.29 is 19.1 Å². The standard InChI is InChI=1S/C23H27N3O4/c27-22(19-7-5-18(6-8-19)17-25-9-13-29-14-10-25)24-21-4-2-1-3-20(21)23(28)26-11-15-30-16-12-26/h1-8H,9-17H2,(H,24,27). The number of ether oxygens (including phenoxy) is 2. The topological polar surface area (TPSA) is 71.1 Å². The molecular formula is C23H27N3O4. The van der Waals surface area contributed by atoms with Gasteiger partial charge in [-0.1, -0.05) is 24.3 Å². The fourth-order valence-corrected chi connectivity index (χ4v) is 3.69. The lowest BCUT2D eigenvalue weighted by Crippen LogP contribution is -2.41. The molecule has 2 heterocycles. The van der Waals surface area contributed by atoms with Crippen LogP contribution < -0.4 is 5.32 Å². The van der Waals surface area contributed by atoms with Crippen molar-refractivity contribution in [2.24, 2.45) is 0 Å². The fraction of sp³-hybridized carbons (Fsp3) is 0.391. The maximum absolute atomic E-state index is 12.9. The fourth-order valence-electron chi connectivity index (χ4n) is 3.69. The van der Waals surface area contributed by atoms with E-state index in [9.17, 15) is 9.59 Å². The van der Waals surface area contributed by atoms with Crippen molar-refractivity contribution in [1.82, 2.24) is 9.80 Å². The number of hydrogen-bond donors (Lipinski definition) is 1. The van der Waals surface area contributed by atoms with Gasteiger partial charge in [0.25, 0.3) is 11.8 Å². The Morgan fingerprint density at radius 1 is 0.833 bits per heavy atom. The van der Waals surface area contributed by atoms with Crippen LogP contribution in [-0.4, -0.2) is 74.2 Å². The molecule has 2 saturated heterocycles. The second-order valence-corrected chi connectivity index (χ2v) is 7.49. The summed E-state index contributed by atoms with van der Waals surface area (Å²) in [6.45, 7) is 6.44. The Morgan fingerprint density at radius 2 is 1.47 bits per heavy atom. The highest BCUT2D eigenvalue weighted by Gasteiger charge is 2.21. The Kier molecular flexibility index (Phi) is 6.74. The first-order valence-electron chi connectivity index (χ1n) is 10.4. The van der Waals surface area contributed by atoms with Gasteiger partial charge in [-0.25, -0.2) is 0 Å². The molecule has 7 heteroatoms. The SMILES string of the molecule is O=C(Nc1ccccc1C(=O)N1CCOCC1)c1ccc(CN2CCOCC2)cc1. The van der Waals surface area contributed by atoms with Crippen LogP contribution in [-0.2, 0) is 16.0 Å². The van der Waals surface area contributed by atoms with Gasteiger partial charge < -0.3 is 19.7 Å². The molecule has 2 fully saturated rings. The molecule has 2 aliphatic heterocycles. The molecule has 0 spiro atoms. The Hall–Kier alpha value is -2.74. The number of nitrogens with one attached hydrogen (secondary N) is 1. The lowest BCUT2D eigenvalue weighted by Gasteiger charge is -2.27. The molecule has 2 amide bonds. The zero-order chi connectivity index (χ0) is 20.8. The van der Waals surface area contributed by atoms with Gasteiger partial charge in [0, 0.05) is 38.3 Å². The number of benzene rings is 2. The second-order valence-electron chi connectivity index (χ2n) is 7.49. The first-order valence-corrected chi connectivity index (χ1v) is 10.4. The molecule has 1 N–H and O–H groups in total. The van der Waals surface area contributed by atoms with Crippen molar-refractivity contribution >= 4 is 17.5 Å². The van der Waals surface area contributed by atoms with Crippen LogP contribution in [0.2, 0.25) is 0 Å². The van der Waals surface area contributed by atoms with E-state index in [1.165, 1.54) is 0 Å². The molecule has 4 rings (SSSR count). The quantitative estimate of drug-likeness (QED) is 0.820. The first-order chi connectivity index (χ1) is 14.7. The molecule has 0 radical (unpaired) electrons. The van der Waals surface area contributed by atoms with Crippen LogP contribution in [0, 0.1) is 0 Å². The van der Waals surface area contributed by atoms with Gasteiger partial charge in [-0.2, -0.15) is 0 Å². The average Bonchev–Trinajstić information content (AvgIpc) is 2.81. The summed E-state index contributed by atoms with van der Waals surface area (Å²) in [5.74, 6) is -0.315. The summed E-state index contributed by atoms with van der Waals surface area (Å²) in [5.41, 5.74) is 2.75. The molecule has 2 aliphatic rings. The number of anilines is 1. The van der Waals surface area contributed by atoms with Crippen LogP contribution in [0.3, 0.4) is 0 Å². The van der Waals surface area contributed by atoms with Gasteiger partial charge in [0.1, 0.15) is 0 Å². The zero-order valence-electron chi connectivity index (χ0n) is 17.0. The van der Waals surface area contributed by atoms with Gasteiger partial charge in [-0.15, -0.1) is 0 Å². The predicted molar refractivity (Wildman–Crippen MR) is 114 cm³/mol. The van der Waals surface area contributed by atoms with Crippen molar-refractivity contribution in [2.75, 3.05) is 57.9 Å². The molecule has 2 aromatic rings. The van der Waals surface area contributed by atoms with Crippen LogP contribution in [0.15, 0.2) is 48.5 Å². The number of rotatable bonds is 5. The number of para-hydroxylation sites is 1. The van der Waals surface area contributed by atoms with Gasteiger partial charge in [0.2, 0.25) is 0 Å². The van der Waals surface area contributed by atoms with Crippen molar-refractivity contribution in [3.63, 3.8) is 0 Å². The van der Waals surface area contributed by atoms with E-state index < -0.39 is 0 Å². The van der Waals surface area contributed by atoms with E-state index >= 15 is 0 Å². The third-order valence-electron chi connectivity index (χ3n) is 5.43. The Balaban J connectivity index is 1.41. The normalized spacial score (nSPS) is 17.5. The smallest absolute Gasteiger partial charge is 0.256 e. The van der Waals surface area contributed by atoms with Gasteiger partial charge in [0.15, 0.2) is 0 Å². The van der Waals surface area contributed by atoms with Crippen molar-refractivity contribution in [3.8, 4) is 0 Å². The lowest BCUT2D eigenvalue weighted by atomic mass is 10.1. The number of amides is 2. The monoisotopic (exact) mass is 409 g/mol. The van der Waals surface area contributed by atoms with Crippen LogP contribution in [0.5, 0.6) is 0 Å². The molecule has 0 aliphatic carbocycles. The van der Waals surface area contributed by atoms with E-state index in [2.05, 4.69) is 10.2 Å². The average molecular weight is 409 g/mol. The van der Waals surface area contributed by atoms with E-state index in [0.717, 1.165) is 38.4 Å². The number of carbonyl (C=O) groups is 2. The Morgan fingerprint density at radius 3 is 2.17 bits per heavy atom. The van der Waals surface area contributed by atoms with Gasteiger partial charge in [-0.3, -0.25) is 14.5 Å². The highest BCUT2D eigenvalue weighted by Crippen LogP contribution is 2.19. The van der Waals surface area contributed by atoms with Crippen LogP contribution in [0.1, 0.15) is 26.3 Å². The maximum atomic E-state index is 12.9. The summed E-state index contributed by atoms with van der Waals surface area (Å²) in [6.07, 6.45) is 0. The van der Waals surface area contributed by atoms with E-state index in [1.54, 1.807) is 17.0 Å². The molecule has 30 heavy (non-hydrogen) atoms. The lowest BCUT2D eigenvalue weighted by molar-refractivity contribution is 0.0303. The molecule has 0 bridgehead atoms. The number of nitrogens with zero attached hydrogens (tertiary/aromatic N) is 2. The van der Waals surface area contributed by atoms with Crippen LogP contribution in [0.4, 0.5) is 5.69 Å². The summed E-state index contributed by atoms with van der Waals surface area (Å²) in [4.78, 5) is 29.8. The highest BCUT2D eigenvalue weighted by atomic mass is 16.5. The predicted octanol–water partition coefficient (Wildman–Crippen LogP) is 2.24. The van der Waals surface area contributed by atoms with Crippen molar-refractivity contribution in [2.45, 2.75) is 6.54 Å². The van der Waals surface area contributed by atoms with E-state index in [4.69, 9.17) is 9.47 Å². The largest absolute Gasteiger partial charge is 0.379 e. The maximum Gasteiger partial charge on any atom is 0.256 e. The minimum absolute atomic E-state index is 0.0879. The Labute approximate surface area is 176 Å². The zero-order valence-corrected chi connectivity index (χ0v) is 17.0. The van der Waals surface area contributed by atoms with Crippen LogP contribution in [0.25, 0.3) is 0 Å². The molecule has 0 atom stereocenters. The minimum atomic E-state index is -0.227. The molecule has 0 aromatic heterocycles. The van der Waals surface area contributed by atoms with E-state index in [-0.39, 0.29) is 11.8 Å². The molecular weight excluding hydrogens is 382 g/mol. The van der Waals surface area contributed by atoms with Gasteiger partial charge in [-0.05, 0) is 29.8 Å². The number of hydrogen-bond acceptors (Lipinski definition) is 5. The molecule has 0 unspecified atom stereocenters. The third kappa shape index (κ3) is 5.05. The summed E-state index contributed by atoms with van der Waals surface area (Å²) < 4.78 is 10.7. The second kappa shape index (κ2) is 9.84. The summed E-state index contributed by atoms with van der Waals surface area (Å²) in [6, 6.07) is 14.8. The summed E-state index contributed by atoms with van der Waals surface area (Å²) >= 11 is 0. The van der Waals surface area contributed by atoms with Crippen LogP contribution >= 0.6 is 0 Å². The molecule has 0 saturated carbocycles. The molecule has 2 aromatic carbocycles. The first kappa shape index (κ1) is 20.5. The molecule has 158 valence electrons. The Bertz CT molecular complexity index is 872. The summed E-state index contributed by atoms with van der Waals surface area (Å²) in [7, 11) is 0. The summed E-state index contributed by atoms with van der Waals surface area (Å²) in [5, 5.41) is 2.90.